The molecule has 0 fully saturated rings. The van der Waals surface area contributed by atoms with E-state index < -0.39 is 8.07 Å². The Morgan fingerprint density at radius 3 is 2.67 bits per heavy atom. The molecule has 0 saturated carbocycles. The zero-order valence-electron chi connectivity index (χ0n) is 12.9. The van der Waals surface area contributed by atoms with Gasteiger partial charge in [0.1, 0.15) is 6.73 Å². The molecule has 0 N–H and O–H groups in total. The number of hydrogen-bond donors (Lipinski definition) is 0. The predicted molar refractivity (Wildman–Crippen MR) is 91.1 cm³/mol. The summed E-state index contributed by atoms with van der Waals surface area (Å²) in [6.45, 7) is 8.23. The van der Waals surface area contributed by atoms with E-state index in [1.807, 2.05) is 35.0 Å². The standard InChI is InChI=1S/C16H22ClNO2Si/c1-21(2,3)9-8-20-12-18-11-14(16(19)10-17)13-6-4-5-7-15(13)18/h4-7,11H,8-10,12H2,1-3H3. The van der Waals surface area contributed by atoms with Gasteiger partial charge in [0.25, 0.3) is 0 Å². The molecule has 0 atom stereocenters. The third kappa shape index (κ3) is 4.19. The van der Waals surface area contributed by atoms with Crippen LogP contribution < -0.4 is 0 Å². The number of alkyl halides is 1. The van der Waals surface area contributed by atoms with Crippen molar-refractivity contribution in [2.75, 3.05) is 12.5 Å². The second kappa shape index (κ2) is 6.77. The molecule has 0 radical (unpaired) electrons. The fourth-order valence-electron chi connectivity index (χ4n) is 2.19. The summed E-state index contributed by atoms with van der Waals surface area (Å²) in [6, 6.07) is 9.00. The normalized spacial score (nSPS) is 12.0. The molecule has 0 saturated heterocycles. The molecule has 114 valence electrons. The van der Waals surface area contributed by atoms with Crippen molar-refractivity contribution in [1.29, 1.82) is 0 Å². The van der Waals surface area contributed by atoms with Gasteiger partial charge in [-0.05, 0) is 12.1 Å². The average molecular weight is 324 g/mol. The van der Waals surface area contributed by atoms with Crippen molar-refractivity contribution in [2.24, 2.45) is 0 Å². The van der Waals surface area contributed by atoms with E-state index in [4.69, 9.17) is 16.3 Å². The maximum atomic E-state index is 11.9. The zero-order valence-corrected chi connectivity index (χ0v) is 14.6. The lowest BCUT2D eigenvalue weighted by molar-refractivity contribution is 0.0899. The number of benzene rings is 1. The van der Waals surface area contributed by atoms with Gasteiger partial charge in [-0.15, -0.1) is 11.6 Å². The fraction of sp³-hybridized carbons (Fsp3) is 0.438. The van der Waals surface area contributed by atoms with Crippen molar-refractivity contribution in [3.63, 3.8) is 0 Å². The van der Waals surface area contributed by atoms with Gasteiger partial charge in [-0.1, -0.05) is 37.8 Å². The van der Waals surface area contributed by atoms with Gasteiger partial charge in [0, 0.05) is 31.8 Å². The molecule has 0 bridgehead atoms. The Bertz CT molecular complexity index is 631. The quantitative estimate of drug-likeness (QED) is 0.328. The summed E-state index contributed by atoms with van der Waals surface area (Å²) in [5, 5.41) is 0.942. The Labute approximate surface area is 131 Å². The average Bonchev–Trinajstić information content (AvgIpc) is 2.81. The smallest absolute Gasteiger partial charge is 0.179 e. The van der Waals surface area contributed by atoms with Crippen molar-refractivity contribution in [3.05, 3.63) is 36.0 Å². The molecule has 1 aromatic heterocycles. The number of para-hydroxylation sites is 1. The van der Waals surface area contributed by atoms with Gasteiger partial charge in [-0.25, -0.2) is 0 Å². The van der Waals surface area contributed by atoms with Crippen LogP contribution in [0.3, 0.4) is 0 Å². The number of carbonyl (C=O) groups excluding carboxylic acids is 1. The fourth-order valence-corrected chi connectivity index (χ4v) is 3.09. The van der Waals surface area contributed by atoms with Crippen LogP contribution in [0.1, 0.15) is 10.4 Å². The molecule has 1 aromatic carbocycles. The molecule has 2 rings (SSSR count). The number of ether oxygens (including phenoxy) is 1. The number of rotatable bonds is 7. The minimum absolute atomic E-state index is 0.00445. The highest BCUT2D eigenvalue weighted by Crippen LogP contribution is 2.22. The van der Waals surface area contributed by atoms with E-state index in [9.17, 15) is 4.79 Å². The summed E-state index contributed by atoms with van der Waals surface area (Å²) in [7, 11) is -1.07. The van der Waals surface area contributed by atoms with Gasteiger partial charge >= 0.3 is 0 Å². The Morgan fingerprint density at radius 1 is 1.29 bits per heavy atom. The topological polar surface area (TPSA) is 31.2 Å². The van der Waals surface area contributed by atoms with Gasteiger partial charge in [0.15, 0.2) is 5.78 Å². The number of Topliss-reactive ketones (excluding diaryl/α,β-unsaturated/α-hetero) is 1. The van der Waals surface area contributed by atoms with E-state index in [0.717, 1.165) is 23.6 Å². The summed E-state index contributed by atoms with van der Waals surface area (Å²) in [5.74, 6) is -0.0430. The predicted octanol–water partition coefficient (Wildman–Crippen LogP) is 4.38. The van der Waals surface area contributed by atoms with E-state index >= 15 is 0 Å². The van der Waals surface area contributed by atoms with Gasteiger partial charge in [0.2, 0.25) is 0 Å². The van der Waals surface area contributed by atoms with Crippen LogP contribution in [0.2, 0.25) is 25.7 Å². The summed E-state index contributed by atoms with van der Waals surface area (Å²) >= 11 is 5.69. The first-order valence-corrected chi connectivity index (χ1v) is 11.4. The molecule has 0 aliphatic carbocycles. The Morgan fingerprint density at radius 2 is 2.00 bits per heavy atom. The number of carbonyl (C=O) groups is 1. The molecule has 0 aliphatic rings. The minimum atomic E-state index is -1.07. The highest BCUT2D eigenvalue weighted by Gasteiger charge is 2.15. The zero-order chi connectivity index (χ0) is 15.5. The van der Waals surface area contributed by atoms with Crippen molar-refractivity contribution in [3.8, 4) is 0 Å². The SMILES string of the molecule is C[Si](C)(C)CCOCn1cc(C(=O)CCl)c2ccccc21. The molecular formula is C16H22ClNO2Si. The van der Waals surface area contributed by atoms with Crippen molar-refractivity contribution >= 4 is 36.4 Å². The lowest BCUT2D eigenvalue weighted by Crippen LogP contribution is -2.21. The molecule has 1 heterocycles. The van der Waals surface area contributed by atoms with Crippen LogP contribution in [0.15, 0.2) is 30.5 Å². The maximum Gasteiger partial charge on any atom is 0.179 e. The number of hydrogen-bond acceptors (Lipinski definition) is 2. The third-order valence-electron chi connectivity index (χ3n) is 3.44. The molecule has 21 heavy (non-hydrogen) atoms. The highest BCUT2D eigenvalue weighted by atomic mass is 35.5. The Kier molecular flexibility index (Phi) is 5.25. The van der Waals surface area contributed by atoms with Crippen LogP contribution >= 0.6 is 11.6 Å². The van der Waals surface area contributed by atoms with Crippen molar-refractivity contribution in [2.45, 2.75) is 32.4 Å². The van der Waals surface area contributed by atoms with Crippen LogP contribution in [0.25, 0.3) is 10.9 Å². The van der Waals surface area contributed by atoms with Crippen LogP contribution in [0.5, 0.6) is 0 Å². The largest absolute Gasteiger partial charge is 0.361 e. The van der Waals surface area contributed by atoms with E-state index in [1.165, 1.54) is 0 Å². The lowest BCUT2D eigenvalue weighted by atomic mass is 10.1. The van der Waals surface area contributed by atoms with Gasteiger partial charge in [-0.3, -0.25) is 4.79 Å². The van der Waals surface area contributed by atoms with E-state index in [2.05, 4.69) is 19.6 Å². The number of aromatic nitrogens is 1. The number of ketones is 1. The van der Waals surface area contributed by atoms with Crippen LogP contribution in [-0.4, -0.2) is 30.9 Å². The third-order valence-corrected chi connectivity index (χ3v) is 5.38. The van der Waals surface area contributed by atoms with E-state index in [0.29, 0.717) is 12.3 Å². The molecule has 2 aromatic rings. The Hall–Kier alpha value is -1.10. The first-order valence-electron chi connectivity index (χ1n) is 7.17. The second-order valence-electron chi connectivity index (χ2n) is 6.43. The lowest BCUT2D eigenvalue weighted by Gasteiger charge is -2.15. The van der Waals surface area contributed by atoms with Gasteiger partial charge in [0.05, 0.1) is 11.4 Å². The first-order chi connectivity index (χ1) is 9.92. The number of fused-ring (bicyclic) bond motifs is 1. The molecule has 0 unspecified atom stereocenters. The summed E-state index contributed by atoms with van der Waals surface area (Å²) < 4.78 is 7.77. The Balaban J connectivity index is 2.15. The monoisotopic (exact) mass is 323 g/mol. The van der Waals surface area contributed by atoms with Gasteiger partial charge < -0.3 is 9.30 Å². The molecule has 5 heteroatoms. The van der Waals surface area contributed by atoms with Crippen LogP contribution in [0, 0.1) is 0 Å². The van der Waals surface area contributed by atoms with E-state index in [-0.39, 0.29) is 11.7 Å². The van der Waals surface area contributed by atoms with Crippen LogP contribution in [0.4, 0.5) is 0 Å². The molecule has 0 aliphatic heterocycles. The molecule has 0 spiro atoms. The minimum Gasteiger partial charge on any atom is -0.361 e. The summed E-state index contributed by atoms with van der Waals surface area (Å²) in [5.41, 5.74) is 1.69. The number of nitrogens with zero attached hydrogens (tertiary/aromatic N) is 1. The molecular weight excluding hydrogens is 302 g/mol. The van der Waals surface area contributed by atoms with Gasteiger partial charge in [-0.2, -0.15) is 0 Å². The summed E-state index contributed by atoms with van der Waals surface area (Å²) in [4.78, 5) is 11.9. The van der Waals surface area contributed by atoms with E-state index in [1.54, 1.807) is 0 Å². The first kappa shape index (κ1) is 16.3. The summed E-state index contributed by atoms with van der Waals surface area (Å²) in [6.07, 6.45) is 1.85. The maximum absolute atomic E-state index is 11.9. The van der Waals surface area contributed by atoms with Crippen molar-refractivity contribution in [1.82, 2.24) is 4.57 Å². The molecule has 0 amide bonds. The highest BCUT2D eigenvalue weighted by molar-refractivity contribution is 6.76. The second-order valence-corrected chi connectivity index (χ2v) is 12.3. The van der Waals surface area contributed by atoms with Crippen molar-refractivity contribution < 1.29 is 9.53 Å². The van der Waals surface area contributed by atoms with Crippen LogP contribution in [-0.2, 0) is 11.5 Å². The number of halogens is 1. The molecule has 3 nitrogen and oxygen atoms in total.